The highest BCUT2D eigenvalue weighted by molar-refractivity contribution is 4.79. The van der Waals surface area contributed by atoms with E-state index in [-0.39, 0.29) is 5.76 Å². The topological polar surface area (TPSA) is 29.5 Å². The van der Waals surface area contributed by atoms with Crippen LogP contribution in [-0.4, -0.2) is 17.8 Å². The highest BCUT2D eigenvalue weighted by atomic mass is 16.5. The van der Waals surface area contributed by atoms with Gasteiger partial charge < -0.3 is 9.84 Å². The maximum atomic E-state index is 8.76. The van der Waals surface area contributed by atoms with Gasteiger partial charge in [0.2, 0.25) is 0 Å². The van der Waals surface area contributed by atoms with Gasteiger partial charge in [-0.25, -0.2) is 0 Å². The summed E-state index contributed by atoms with van der Waals surface area (Å²) in [5, 5.41) is 8.76. The standard InChI is InChI=1S/C9H16O2/c1-8(10)7-11-9-5-3-2-4-6-9/h9-10H,1-7H2. The molecule has 0 aromatic heterocycles. The van der Waals surface area contributed by atoms with Crippen molar-refractivity contribution in [3.63, 3.8) is 0 Å². The monoisotopic (exact) mass is 156 g/mol. The average molecular weight is 156 g/mol. The van der Waals surface area contributed by atoms with Gasteiger partial charge >= 0.3 is 0 Å². The summed E-state index contributed by atoms with van der Waals surface area (Å²) in [7, 11) is 0. The number of aliphatic hydroxyl groups excluding tert-OH is 1. The number of hydrogen-bond acceptors (Lipinski definition) is 2. The Kier molecular flexibility index (Phi) is 3.43. The van der Waals surface area contributed by atoms with Gasteiger partial charge in [-0.2, -0.15) is 0 Å². The van der Waals surface area contributed by atoms with Crippen LogP contribution in [0.25, 0.3) is 0 Å². The van der Waals surface area contributed by atoms with Gasteiger partial charge in [0.15, 0.2) is 0 Å². The zero-order valence-corrected chi connectivity index (χ0v) is 6.88. The van der Waals surface area contributed by atoms with Crippen LogP contribution in [0.15, 0.2) is 12.3 Å². The maximum Gasteiger partial charge on any atom is 0.111 e. The first kappa shape index (κ1) is 8.60. The van der Waals surface area contributed by atoms with Crippen molar-refractivity contribution in [3.8, 4) is 0 Å². The smallest absolute Gasteiger partial charge is 0.111 e. The van der Waals surface area contributed by atoms with E-state index in [1.54, 1.807) is 0 Å². The molecule has 0 heterocycles. The van der Waals surface area contributed by atoms with Gasteiger partial charge in [0.05, 0.1) is 6.10 Å². The van der Waals surface area contributed by atoms with E-state index in [9.17, 15) is 0 Å². The molecule has 0 spiro atoms. The van der Waals surface area contributed by atoms with Crippen molar-refractivity contribution in [2.24, 2.45) is 0 Å². The molecule has 2 nitrogen and oxygen atoms in total. The van der Waals surface area contributed by atoms with Crippen molar-refractivity contribution < 1.29 is 9.84 Å². The second-order valence-corrected chi connectivity index (χ2v) is 3.14. The Morgan fingerprint density at radius 3 is 2.55 bits per heavy atom. The average Bonchev–Trinajstić information content (AvgIpc) is 2.03. The van der Waals surface area contributed by atoms with E-state index in [0.29, 0.717) is 12.7 Å². The highest BCUT2D eigenvalue weighted by Gasteiger charge is 2.13. The van der Waals surface area contributed by atoms with Gasteiger partial charge in [0, 0.05) is 0 Å². The number of ether oxygens (including phenoxy) is 1. The second-order valence-electron chi connectivity index (χ2n) is 3.14. The van der Waals surface area contributed by atoms with E-state index in [0.717, 1.165) is 12.8 Å². The third kappa shape index (κ3) is 3.42. The summed E-state index contributed by atoms with van der Waals surface area (Å²) < 4.78 is 5.39. The predicted molar refractivity (Wildman–Crippen MR) is 44.6 cm³/mol. The third-order valence-corrected chi connectivity index (χ3v) is 2.04. The molecule has 1 aliphatic rings. The van der Waals surface area contributed by atoms with E-state index in [4.69, 9.17) is 9.84 Å². The van der Waals surface area contributed by atoms with Crippen molar-refractivity contribution >= 4 is 0 Å². The van der Waals surface area contributed by atoms with Crippen molar-refractivity contribution in [2.75, 3.05) is 6.61 Å². The summed E-state index contributed by atoms with van der Waals surface area (Å²) in [5.41, 5.74) is 0. The molecule has 1 fully saturated rings. The van der Waals surface area contributed by atoms with Crippen LogP contribution in [0.4, 0.5) is 0 Å². The van der Waals surface area contributed by atoms with Crippen LogP contribution in [0.5, 0.6) is 0 Å². The molecule has 1 aliphatic carbocycles. The maximum absolute atomic E-state index is 8.76. The lowest BCUT2D eigenvalue weighted by molar-refractivity contribution is 0.0291. The molecule has 0 aromatic carbocycles. The van der Waals surface area contributed by atoms with E-state index in [1.807, 2.05) is 0 Å². The van der Waals surface area contributed by atoms with E-state index in [2.05, 4.69) is 6.58 Å². The van der Waals surface area contributed by atoms with Crippen LogP contribution in [0, 0.1) is 0 Å². The zero-order chi connectivity index (χ0) is 8.10. The lowest BCUT2D eigenvalue weighted by Crippen LogP contribution is -2.17. The van der Waals surface area contributed by atoms with Gasteiger partial charge in [-0.15, -0.1) is 0 Å². The Hall–Kier alpha value is -0.500. The molecule has 2 heteroatoms. The third-order valence-electron chi connectivity index (χ3n) is 2.04. The summed E-state index contributed by atoms with van der Waals surface area (Å²) in [6.07, 6.45) is 6.53. The van der Waals surface area contributed by atoms with Crippen LogP contribution < -0.4 is 0 Å². The Labute approximate surface area is 67.9 Å². The van der Waals surface area contributed by atoms with Gasteiger partial charge in [-0.05, 0) is 12.8 Å². The van der Waals surface area contributed by atoms with Crippen molar-refractivity contribution in [3.05, 3.63) is 12.3 Å². The van der Waals surface area contributed by atoms with Crippen molar-refractivity contribution in [1.29, 1.82) is 0 Å². The van der Waals surface area contributed by atoms with Crippen LogP contribution in [0.2, 0.25) is 0 Å². The first-order valence-corrected chi connectivity index (χ1v) is 4.27. The summed E-state index contributed by atoms with van der Waals surface area (Å²) in [5.74, 6) is 0.135. The minimum absolute atomic E-state index is 0.135. The predicted octanol–water partition coefficient (Wildman–Crippen LogP) is 2.41. The molecule has 0 aliphatic heterocycles. The fraction of sp³-hybridized carbons (Fsp3) is 0.778. The highest BCUT2D eigenvalue weighted by Crippen LogP contribution is 2.20. The zero-order valence-electron chi connectivity index (χ0n) is 6.88. The Balaban J connectivity index is 2.09. The molecule has 1 rings (SSSR count). The molecule has 0 aromatic rings. The summed E-state index contributed by atoms with van der Waals surface area (Å²) >= 11 is 0. The summed E-state index contributed by atoms with van der Waals surface area (Å²) in [6.45, 7) is 3.68. The largest absolute Gasteiger partial charge is 0.510 e. The van der Waals surface area contributed by atoms with Crippen LogP contribution in [-0.2, 0) is 4.74 Å². The van der Waals surface area contributed by atoms with Gasteiger partial charge in [0.25, 0.3) is 0 Å². The quantitative estimate of drug-likeness (QED) is 0.636. The van der Waals surface area contributed by atoms with Crippen molar-refractivity contribution in [1.82, 2.24) is 0 Å². The molecular formula is C9H16O2. The van der Waals surface area contributed by atoms with Crippen LogP contribution >= 0.6 is 0 Å². The molecule has 0 bridgehead atoms. The van der Waals surface area contributed by atoms with E-state index < -0.39 is 0 Å². The minimum atomic E-state index is 0.135. The van der Waals surface area contributed by atoms with E-state index >= 15 is 0 Å². The first-order chi connectivity index (χ1) is 5.29. The van der Waals surface area contributed by atoms with Gasteiger partial charge in [-0.3, -0.25) is 0 Å². The fourth-order valence-corrected chi connectivity index (χ4v) is 1.45. The lowest BCUT2D eigenvalue weighted by atomic mass is 9.98. The normalized spacial score (nSPS) is 20.0. The Bertz CT molecular complexity index is 126. The van der Waals surface area contributed by atoms with Gasteiger partial charge in [-0.1, -0.05) is 25.8 Å². The van der Waals surface area contributed by atoms with Crippen LogP contribution in [0.1, 0.15) is 32.1 Å². The summed E-state index contributed by atoms with van der Waals surface area (Å²) in [4.78, 5) is 0. The molecule has 0 saturated heterocycles. The minimum Gasteiger partial charge on any atom is -0.510 e. The molecule has 0 atom stereocenters. The molecule has 64 valence electrons. The number of rotatable bonds is 3. The fourth-order valence-electron chi connectivity index (χ4n) is 1.45. The Morgan fingerprint density at radius 1 is 1.36 bits per heavy atom. The SMILES string of the molecule is C=C(O)COC1CCCCC1. The molecule has 11 heavy (non-hydrogen) atoms. The van der Waals surface area contributed by atoms with Crippen LogP contribution in [0.3, 0.4) is 0 Å². The second kappa shape index (κ2) is 4.39. The lowest BCUT2D eigenvalue weighted by Gasteiger charge is -2.21. The molecule has 0 unspecified atom stereocenters. The molecule has 0 amide bonds. The van der Waals surface area contributed by atoms with Gasteiger partial charge in [0.1, 0.15) is 12.4 Å². The number of aliphatic hydroxyl groups is 1. The molecule has 1 saturated carbocycles. The summed E-state index contributed by atoms with van der Waals surface area (Å²) in [6, 6.07) is 0. The first-order valence-electron chi connectivity index (χ1n) is 4.27. The van der Waals surface area contributed by atoms with Crippen molar-refractivity contribution in [2.45, 2.75) is 38.2 Å². The van der Waals surface area contributed by atoms with E-state index in [1.165, 1.54) is 19.3 Å². The number of hydrogen-bond donors (Lipinski definition) is 1. The molecular weight excluding hydrogens is 140 g/mol. The molecule has 1 N–H and O–H groups in total. The Morgan fingerprint density at radius 2 is 2.00 bits per heavy atom. The molecule has 0 radical (unpaired) electrons.